The van der Waals surface area contributed by atoms with Crippen LogP contribution < -0.4 is 5.32 Å². The summed E-state index contributed by atoms with van der Waals surface area (Å²) in [5.41, 5.74) is 2.12. The Morgan fingerprint density at radius 3 is 2.76 bits per heavy atom. The Morgan fingerprint density at radius 2 is 2.05 bits per heavy atom. The third kappa shape index (κ3) is 2.54. The molecule has 0 bridgehead atoms. The van der Waals surface area contributed by atoms with E-state index >= 15 is 0 Å². The molecule has 0 aliphatic heterocycles. The summed E-state index contributed by atoms with van der Waals surface area (Å²) in [5.74, 6) is 0.280. The number of hydrogen-bond donors (Lipinski definition) is 2. The van der Waals surface area contributed by atoms with E-state index in [0.717, 1.165) is 11.1 Å². The second-order valence-electron chi connectivity index (χ2n) is 6.02. The molecule has 0 fully saturated rings. The number of fused-ring (bicyclic) bond motifs is 1. The molecule has 0 aliphatic rings. The van der Waals surface area contributed by atoms with Gasteiger partial charge in [-0.25, -0.2) is 0 Å². The van der Waals surface area contributed by atoms with Gasteiger partial charge in [0.15, 0.2) is 5.82 Å². The topological polar surface area (TPSA) is 70.9 Å². The maximum atomic E-state index is 12.3. The quantitative estimate of drug-likeness (QED) is 0.753. The predicted molar refractivity (Wildman–Crippen MR) is 81.5 cm³/mol. The lowest BCUT2D eigenvalue weighted by Gasteiger charge is -2.14. The Labute approximate surface area is 122 Å². The number of nitrogens with one attached hydrogen (secondary N) is 2. The lowest BCUT2D eigenvalue weighted by atomic mass is 9.92. The van der Waals surface area contributed by atoms with Crippen molar-refractivity contribution >= 4 is 22.7 Å². The molecule has 1 aromatic carbocycles. The molecule has 0 saturated heterocycles. The van der Waals surface area contributed by atoms with E-state index in [4.69, 9.17) is 4.42 Å². The van der Waals surface area contributed by atoms with Crippen LogP contribution in [0.3, 0.4) is 0 Å². The van der Waals surface area contributed by atoms with E-state index in [9.17, 15) is 4.79 Å². The average molecular weight is 283 g/mol. The molecule has 0 aliphatic carbocycles. The van der Waals surface area contributed by atoms with Crippen LogP contribution in [-0.4, -0.2) is 16.1 Å². The van der Waals surface area contributed by atoms with E-state index < -0.39 is 0 Å². The van der Waals surface area contributed by atoms with Crippen LogP contribution in [0, 0.1) is 0 Å². The Kier molecular flexibility index (Phi) is 3.05. The highest BCUT2D eigenvalue weighted by Crippen LogP contribution is 2.24. The molecule has 0 atom stereocenters. The first-order chi connectivity index (χ1) is 9.95. The standard InChI is InChI=1S/C16H17N3O2/c1-16(2,3)13-8-14(19-18-13)17-15(20)11-9-21-12-7-5-4-6-10(11)12/h4-9H,1-3H3,(H2,17,18,19,20). The van der Waals surface area contributed by atoms with Gasteiger partial charge in [0.1, 0.15) is 11.8 Å². The van der Waals surface area contributed by atoms with Gasteiger partial charge in [0.25, 0.3) is 5.91 Å². The van der Waals surface area contributed by atoms with Crippen LogP contribution in [0.15, 0.2) is 41.0 Å². The highest BCUT2D eigenvalue weighted by Gasteiger charge is 2.19. The van der Waals surface area contributed by atoms with Crippen molar-refractivity contribution < 1.29 is 9.21 Å². The molecule has 21 heavy (non-hydrogen) atoms. The summed E-state index contributed by atoms with van der Waals surface area (Å²) in [5, 5.41) is 10.7. The smallest absolute Gasteiger partial charge is 0.260 e. The molecule has 0 radical (unpaired) electrons. The molecule has 2 N–H and O–H groups in total. The molecule has 3 aromatic rings. The maximum Gasteiger partial charge on any atom is 0.260 e. The van der Waals surface area contributed by atoms with Gasteiger partial charge < -0.3 is 9.73 Å². The Bertz CT molecular complexity index is 793. The van der Waals surface area contributed by atoms with Crippen molar-refractivity contribution in [3.8, 4) is 0 Å². The third-order valence-electron chi connectivity index (χ3n) is 3.35. The Hall–Kier alpha value is -2.56. The normalized spacial score (nSPS) is 11.8. The second kappa shape index (κ2) is 4.77. The summed E-state index contributed by atoms with van der Waals surface area (Å²) in [6, 6.07) is 9.29. The summed E-state index contributed by atoms with van der Waals surface area (Å²) in [6.45, 7) is 6.24. The number of anilines is 1. The van der Waals surface area contributed by atoms with Crippen LogP contribution in [0.25, 0.3) is 11.0 Å². The van der Waals surface area contributed by atoms with E-state index in [2.05, 4.69) is 36.3 Å². The summed E-state index contributed by atoms with van der Waals surface area (Å²) in [7, 11) is 0. The van der Waals surface area contributed by atoms with E-state index in [-0.39, 0.29) is 11.3 Å². The third-order valence-corrected chi connectivity index (χ3v) is 3.35. The zero-order chi connectivity index (χ0) is 15.0. The average Bonchev–Trinajstić information content (AvgIpc) is 3.03. The van der Waals surface area contributed by atoms with Crippen LogP contribution in [0.4, 0.5) is 5.82 Å². The first kappa shape index (κ1) is 13.4. The molecule has 5 heteroatoms. The molecular formula is C16H17N3O2. The second-order valence-corrected chi connectivity index (χ2v) is 6.02. The number of carbonyl (C=O) groups is 1. The number of aromatic nitrogens is 2. The zero-order valence-electron chi connectivity index (χ0n) is 12.2. The van der Waals surface area contributed by atoms with Gasteiger partial charge in [0.05, 0.1) is 5.56 Å². The number of amides is 1. The molecule has 0 unspecified atom stereocenters. The first-order valence-corrected chi connectivity index (χ1v) is 6.78. The number of nitrogens with zero attached hydrogens (tertiary/aromatic N) is 1. The lowest BCUT2D eigenvalue weighted by molar-refractivity contribution is 0.102. The highest BCUT2D eigenvalue weighted by molar-refractivity contribution is 6.11. The molecule has 1 amide bonds. The number of furan rings is 1. The van der Waals surface area contributed by atoms with Crippen molar-refractivity contribution in [2.45, 2.75) is 26.2 Å². The number of carbonyl (C=O) groups excluding carboxylic acids is 1. The minimum atomic E-state index is -0.230. The van der Waals surface area contributed by atoms with Crippen molar-refractivity contribution in [1.82, 2.24) is 10.2 Å². The number of benzene rings is 1. The molecular weight excluding hydrogens is 266 g/mol. The van der Waals surface area contributed by atoms with Crippen LogP contribution in [-0.2, 0) is 5.41 Å². The van der Waals surface area contributed by atoms with Gasteiger partial charge in [0.2, 0.25) is 0 Å². The number of rotatable bonds is 2. The minimum absolute atomic E-state index is 0.0433. The van der Waals surface area contributed by atoms with Gasteiger partial charge in [-0.15, -0.1) is 0 Å². The molecule has 2 heterocycles. The largest absolute Gasteiger partial charge is 0.463 e. The molecule has 0 spiro atoms. The molecule has 2 aromatic heterocycles. The molecule has 3 rings (SSSR count). The van der Waals surface area contributed by atoms with Crippen molar-refractivity contribution in [2.24, 2.45) is 0 Å². The van der Waals surface area contributed by atoms with Crippen molar-refractivity contribution in [3.05, 3.63) is 47.9 Å². The van der Waals surface area contributed by atoms with Gasteiger partial charge in [-0.2, -0.15) is 5.10 Å². The first-order valence-electron chi connectivity index (χ1n) is 6.78. The number of H-pyrrole nitrogens is 1. The minimum Gasteiger partial charge on any atom is -0.463 e. The molecule has 5 nitrogen and oxygen atoms in total. The Morgan fingerprint density at radius 1 is 1.29 bits per heavy atom. The fourth-order valence-electron chi connectivity index (χ4n) is 2.11. The van der Waals surface area contributed by atoms with Gasteiger partial charge in [-0.3, -0.25) is 9.89 Å². The van der Waals surface area contributed by atoms with Gasteiger partial charge in [-0.05, 0) is 6.07 Å². The van der Waals surface area contributed by atoms with E-state index in [1.54, 1.807) is 0 Å². The van der Waals surface area contributed by atoms with Gasteiger partial charge >= 0.3 is 0 Å². The fraction of sp³-hybridized carbons (Fsp3) is 0.250. The SMILES string of the molecule is CC(C)(C)c1cc(NC(=O)c2coc3ccccc23)n[nH]1. The summed E-state index contributed by atoms with van der Waals surface area (Å²) >= 11 is 0. The summed E-state index contributed by atoms with van der Waals surface area (Å²) in [4.78, 5) is 12.3. The monoisotopic (exact) mass is 283 g/mol. The molecule has 108 valence electrons. The zero-order valence-corrected chi connectivity index (χ0v) is 12.2. The fourth-order valence-corrected chi connectivity index (χ4v) is 2.11. The van der Waals surface area contributed by atoms with E-state index in [1.165, 1.54) is 6.26 Å². The van der Waals surface area contributed by atoms with Gasteiger partial charge in [0, 0.05) is 22.6 Å². The van der Waals surface area contributed by atoms with Crippen LogP contribution >= 0.6 is 0 Å². The van der Waals surface area contributed by atoms with Crippen molar-refractivity contribution in [2.75, 3.05) is 5.32 Å². The number of hydrogen-bond acceptors (Lipinski definition) is 3. The molecule has 0 saturated carbocycles. The van der Waals surface area contributed by atoms with Gasteiger partial charge in [-0.1, -0.05) is 39.0 Å². The van der Waals surface area contributed by atoms with Crippen molar-refractivity contribution in [1.29, 1.82) is 0 Å². The van der Waals surface area contributed by atoms with Crippen LogP contribution in [0.2, 0.25) is 0 Å². The van der Waals surface area contributed by atoms with Crippen LogP contribution in [0.5, 0.6) is 0 Å². The lowest BCUT2D eigenvalue weighted by Crippen LogP contribution is -2.12. The number of aromatic amines is 1. The van der Waals surface area contributed by atoms with E-state index in [0.29, 0.717) is 17.0 Å². The Balaban J connectivity index is 1.85. The van der Waals surface area contributed by atoms with Crippen LogP contribution in [0.1, 0.15) is 36.8 Å². The maximum absolute atomic E-state index is 12.3. The van der Waals surface area contributed by atoms with Crippen molar-refractivity contribution in [3.63, 3.8) is 0 Å². The summed E-state index contributed by atoms with van der Waals surface area (Å²) < 4.78 is 5.38. The predicted octanol–water partition coefficient (Wildman–Crippen LogP) is 3.71. The van der Waals surface area contributed by atoms with E-state index in [1.807, 2.05) is 30.3 Å². The number of para-hydroxylation sites is 1. The highest BCUT2D eigenvalue weighted by atomic mass is 16.3. The summed E-state index contributed by atoms with van der Waals surface area (Å²) in [6.07, 6.45) is 1.47.